The fourth-order valence-corrected chi connectivity index (χ4v) is 4.05. The van der Waals surface area contributed by atoms with Crippen LogP contribution in [0.5, 0.6) is 5.75 Å². The fraction of sp³-hybridized carbons (Fsp3) is 0.107. The van der Waals surface area contributed by atoms with E-state index >= 15 is 0 Å². The maximum Gasteiger partial charge on any atom is 0.261 e. The Morgan fingerprint density at radius 1 is 1.00 bits per heavy atom. The number of rotatable bonds is 8. The average molecular weight is 496 g/mol. The molecular formula is C28H25N5O4. The van der Waals surface area contributed by atoms with Gasteiger partial charge in [0.2, 0.25) is 0 Å². The lowest BCUT2D eigenvalue weighted by Gasteiger charge is -2.14. The van der Waals surface area contributed by atoms with Crippen LogP contribution in [0.1, 0.15) is 22.0 Å². The minimum atomic E-state index is -0.760. The van der Waals surface area contributed by atoms with Gasteiger partial charge in [-0.2, -0.15) is 0 Å². The lowest BCUT2D eigenvalue weighted by atomic mass is 10.1. The summed E-state index contributed by atoms with van der Waals surface area (Å²) in [5.74, 6) is 0.700. The highest BCUT2D eigenvalue weighted by Crippen LogP contribution is 2.28. The largest absolute Gasteiger partial charge is 0.497 e. The van der Waals surface area contributed by atoms with E-state index in [4.69, 9.17) is 4.74 Å². The first-order chi connectivity index (χ1) is 18.0. The van der Waals surface area contributed by atoms with E-state index < -0.39 is 6.10 Å². The fourth-order valence-electron chi connectivity index (χ4n) is 4.05. The number of nitrogens with zero attached hydrogens (tertiary/aromatic N) is 1. The number of para-hydroxylation sites is 1. The van der Waals surface area contributed by atoms with Crippen LogP contribution in [0.25, 0.3) is 22.4 Å². The summed E-state index contributed by atoms with van der Waals surface area (Å²) in [4.78, 5) is 36.1. The number of aromatic amines is 2. The Morgan fingerprint density at radius 2 is 1.78 bits per heavy atom. The molecule has 0 saturated carbocycles. The second kappa shape index (κ2) is 10.4. The van der Waals surface area contributed by atoms with Crippen LogP contribution in [0, 0.1) is 0 Å². The third kappa shape index (κ3) is 5.07. The van der Waals surface area contributed by atoms with Gasteiger partial charge in [-0.05, 0) is 48.0 Å². The number of imidazole rings is 1. The summed E-state index contributed by atoms with van der Waals surface area (Å²) >= 11 is 0. The molecule has 0 aliphatic heterocycles. The van der Waals surface area contributed by atoms with Crippen molar-refractivity contribution in [3.63, 3.8) is 0 Å². The normalized spacial score (nSPS) is 11.7. The molecule has 5 rings (SSSR count). The number of ether oxygens (including phenoxy) is 1. The van der Waals surface area contributed by atoms with E-state index in [1.165, 1.54) is 6.20 Å². The zero-order valence-corrected chi connectivity index (χ0v) is 20.0. The van der Waals surface area contributed by atoms with Crippen LogP contribution in [-0.2, 0) is 0 Å². The van der Waals surface area contributed by atoms with E-state index in [2.05, 4.69) is 25.6 Å². The van der Waals surface area contributed by atoms with Gasteiger partial charge in [-0.3, -0.25) is 9.59 Å². The molecule has 0 aliphatic carbocycles. The van der Waals surface area contributed by atoms with E-state index in [-0.39, 0.29) is 18.0 Å². The van der Waals surface area contributed by atoms with Crippen molar-refractivity contribution in [1.82, 2.24) is 15.0 Å². The van der Waals surface area contributed by atoms with Crippen LogP contribution >= 0.6 is 0 Å². The van der Waals surface area contributed by atoms with Crippen molar-refractivity contribution in [2.75, 3.05) is 24.3 Å². The van der Waals surface area contributed by atoms with Crippen molar-refractivity contribution in [3.05, 3.63) is 107 Å². The molecule has 0 bridgehead atoms. The van der Waals surface area contributed by atoms with E-state index in [1.54, 1.807) is 55.6 Å². The van der Waals surface area contributed by atoms with E-state index in [9.17, 15) is 14.7 Å². The first kappa shape index (κ1) is 23.8. The topological polar surface area (TPSA) is 132 Å². The van der Waals surface area contributed by atoms with Crippen molar-refractivity contribution < 1.29 is 14.6 Å². The zero-order valence-electron chi connectivity index (χ0n) is 20.0. The molecule has 5 N–H and O–H groups in total. The molecule has 9 nitrogen and oxygen atoms in total. The van der Waals surface area contributed by atoms with Crippen molar-refractivity contribution in [1.29, 1.82) is 0 Å². The number of methoxy groups -OCH3 is 1. The number of H-pyrrole nitrogens is 2. The summed E-state index contributed by atoms with van der Waals surface area (Å²) in [7, 11) is 1.57. The summed E-state index contributed by atoms with van der Waals surface area (Å²) in [6, 6.07) is 23.1. The third-order valence-electron chi connectivity index (χ3n) is 5.99. The number of anilines is 2. The van der Waals surface area contributed by atoms with Crippen molar-refractivity contribution in [2.24, 2.45) is 0 Å². The van der Waals surface area contributed by atoms with Crippen LogP contribution in [0.15, 0.2) is 89.9 Å². The summed E-state index contributed by atoms with van der Waals surface area (Å²) in [6.45, 7) is 0.198. The van der Waals surface area contributed by atoms with Gasteiger partial charge in [0, 0.05) is 18.3 Å². The SMILES string of the molecule is COc1ccc(C(=O)Nc2cccc3nc(-c4c(NCC(O)c5ccccc5)cc[nH]c4=O)[nH]c23)cc1. The number of hydrogen-bond donors (Lipinski definition) is 5. The van der Waals surface area contributed by atoms with Gasteiger partial charge in [-0.15, -0.1) is 0 Å². The predicted molar refractivity (Wildman–Crippen MR) is 143 cm³/mol. The number of hydrogen-bond acceptors (Lipinski definition) is 6. The number of nitrogens with one attached hydrogen (secondary N) is 4. The molecule has 5 aromatic rings. The zero-order chi connectivity index (χ0) is 25.8. The molecule has 3 aromatic carbocycles. The molecule has 0 aliphatic rings. The number of fused-ring (bicyclic) bond motifs is 1. The number of carbonyl (C=O) groups excluding carboxylic acids is 1. The number of aromatic nitrogens is 3. The summed E-state index contributed by atoms with van der Waals surface area (Å²) in [5.41, 5.74) is 3.40. The van der Waals surface area contributed by atoms with Crippen LogP contribution < -0.4 is 20.9 Å². The number of aliphatic hydroxyl groups excluding tert-OH is 1. The molecule has 0 radical (unpaired) electrons. The van der Waals surface area contributed by atoms with Crippen molar-refractivity contribution in [2.45, 2.75) is 6.10 Å². The first-order valence-electron chi connectivity index (χ1n) is 11.7. The lowest BCUT2D eigenvalue weighted by molar-refractivity contribution is 0.102. The van der Waals surface area contributed by atoms with Crippen LogP contribution in [0.4, 0.5) is 11.4 Å². The molecule has 2 aromatic heterocycles. The Morgan fingerprint density at radius 3 is 2.54 bits per heavy atom. The van der Waals surface area contributed by atoms with Gasteiger partial charge in [-0.25, -0.2) is 4.98 Å². The van der Waals surface area contributed by atoms with Gasteiger partial charge in [0.15, 0.2) is 0 Å². The van der Waals surface area contributed by atoms with Gasteiger partial charge in [-0.1, -0.05) is 36.4 Å². The summed E-state index contributed by atoms with van der Waals surface area (Å²) < 4.78 is 5.15. The molecule has 9 heteroatoms. The Bertz CT molecular complexity index is 1590. The highest BCUT2D eigenvalue weighted by atomic mass is 16.5. The second-order valence-electron chi connectivity index (χ2n) is 8.37. The highest BCUT2D eigenvalue weighted by molar-refractivity contribution is 6.08. The summed E-state index contributed by atoms with van der Waals surface area (Å²) in [5, 5.41) is 16.6. The van der Waals surface area contributed by atoms with Crippen LogP contribution in [0.3, 0.4) is 0 Å². The Labute approximate surface area is 212 Å². The minimum absolute atomic E-state index is 0.198. The van der Waals surface area contributed by atoms with Gasteiger partial charge in [0.1, 0.15) is 17.1 Å². The smallest absolute Gasteiger partial charge is 0.261 e. The number of amides is 1. The number of benzene rings is 3. The average Bonchev–Trinajstić information content (AvgIpc) is 3.37. The molecule has 2 heterocycles. The Kier molecular flexibility index (Phi) is 6.69. The molecule has 37 heavy (non-hydrogen) atoms. The highest BCUT2D eigenvalue weighted by Gasteiger charge is 2.18. The quantitative estimate of drug-likeness (QED) is 0.218. The van der Waals surface area contributed by atoms with Gasteiger partial charge in [0.05, 0.1) is 35.6 Å². The van der Waals surface area contributed by atoms with E-state index in [0.29, 0.717) is 45.1 Å². The number of pyridine rings is 1. The molecule has 1 unspecified atom stereocenters. The lowest BCUT2D eigenvalue weighted by Crippen LogP contribution is -2.17. The van der Waals surface area contributed by atoms with Gasteiger partial charge >= 0.3 is 0 Å². The van der Waals surface area contributed by atoms with E-state index in [1.807, 2.05) is 30.3 Å². The molecule has 0 spiro atoms. The number of aliphatic hydroxyl groups is 1. The van der Waals surface area contributed by atoms with Crippen molar-refractivity contribution >= 4 is 28.3 Å². The Hall–Kier alpha value is -4.89. The molecule has 1 atom stereocenters. The third-order valence-corrected chi connectivity index (χ3v) is 5.99. The summed E-state index contributed by atoms with van der Waals surface area (Å²) in [6.07, 6.45) is 0.774. The van der Waals surface area contributed by atoms with Gasteiger partial charge in [0.25, 0.3) is 11.5 Å². The number of carbonyl (C=O) groups is 1. The maximum atomic E-state index is 12.8. The minimum Gasteiger partial charge on any atom is -0.497 e. The standard InChI is InChI=1S/C28H25N5O4/c1-37-19-12-10-18(11-13-19)27(35)32-22-9-5-8-21-25(22)33-26(31-21)24-20(14-15-29-28(24)36)30-16-23(34)17-6-3-2-4-7-17/h2-15,23,34H,16H2,1H3,(H,31,33)(H,32,35)(H2,29,30,36). The van der Waals surface area contributed by atoms with Crippen molar-refractivity contribution in [3.8, 4) is 17.1 Å². The molecule has 1 amide bonds. The first-order valence-corrected chi connectivity index (χ1v) is 11.7. The van der Waals surface area contributed by atoms with Crippen LogP contribution in [0.2, 0.25) is 0 Å². The van der Waals surface area contributed by atoms with Crippen LogP contribution in [-0.4, -0.2) is 39.6 Å². The molecule has 0 saturated heterocycles. The van der Waals surface area contributed by atoms with E-state index in [0.717, 1.165) is 5.56 Å². The van der Waals surface area contributed by atoms with Gasteiger partial charge < -0.3 is 30.4 Å². The monoisotopic (exact) mass is 495 g/mol. The predicted octanol–water partition coefficient (Wildman–Crippen LogP) is 4.32. The maximum absolute atomic E-state index is 12.8. The Balaban J connectivity index is 1.43. The second-order valence-corrected chi connectivity index (χ2v) is 8.37. The molecule has 186 valence electrons. The molecule has 0 fully saturated rings. The molecular weight excluding hydrogens is 470 g/mol.